The van der Waals surface area contributed by atoms with Crippen molar-refractivity contribution in [2.24, 2.45) is 0 Å². The van der Waals surface area contributed by atoms with Crippen molar-refractivity contribution in [1.82, 2.24) is 4.90 Å². The summed E-state index contributed by atoms with van der Waals surface area (Å²) in [6.45, 7) is 3.24. The van der Waals surface area contributed by atoms with Gasteiger partial charge in [0.2, 0.25) is 0 Å². The summed E-state index contributed by atoms with van der Waals surface area (Å²) in [6.07, 6.45) is 0. The predicted octanol–water partition coefficient (Wildman–Crippen LogP) is 2.19. The molecule has 17 heavy (non-hydrogen) atoms. The molecule has 1 unspecified atom stereocenters. The Bertz CT molecular complexity index is 459. The second-order valence-electron chi connectivity index (χ2n) is 3.89. The highest BCUT2D eigenvalue weighted by atomic mass is 35.5. The van der Waals surface area contributed by atoms with Crippen LogP contribution in [0.15, 0.2) is 18.2 Å². The third-order valence-electron chi connectivity index (χ3n) is 2.69. The number of carboxylic acid groups (broad SMARTS) is 1. The number of hydrogen-bond donors (Lipinski definition) is 1. The van der Waals surface area contributed by atoms with Crippen molar-refractivity contribution in [1.29, 1.82) is 0 Å². The average molecular weight is 256 g/mol. The van der Waals surface area contributed by atoms with E-state index in [0.29, 0.717) is 10.6 Å². The molecule has 1 aromatic carbocycles. The van der Waals surface area contributed by atoms with Gasteiger partial charge in [0, 0.05) is 17.6 Å². The first kappa shape index (κ1) is 13.5. The number of halogens is 1. The molecule has 4 nitrogen and oxygen atoms in total. The molecule has 0 aliphatic carbocycles. The van der Waals surface area contributed by atoms with Crippen molar-refractivity contribution in [2.75, 3.05) is 7.05 Å². The number of amides is 1. The normalized spacial score (nSPS) is 12.0. The van der Waals surface area contributed by atoms with Gasteiger partial charge in [-0.2, -0.15) is 0 Å². The number of carboxylic acids is 1. The highest BCUT2D eigenvalue weighted by Crippen LogP contribution is 2.17. The van der Waals surface area contributed by atoms with Crippen LogP contribution in [0.5, 0.6) is 0 Å². The Morgan fingerprint density at radius 2 is 2.00 bits per heavy atom. The number of carbonyl (C=O) groups excluding carboxylic acids is 1. The molecule has 5 heteroatoms. The topological polar surface area (TPSA) is 57.6 Å². The van der Waals surface area contributed by atoms with E-state index in [2.05, 4.69) is 0 Å². The second kappa shape index (κ2) is 5.19. The van der Waals surface area contributed by atoms with E-state index in [1.54, 1.807) is 25.1 Å². The van der Waals surface area contributed by atoms with Crippen LogP contribution in [0.25, 0.3) is 0 Å². The molecular weight excluding hydrogens is 242 g/mol. The van der Waals surface area contributed by atoms with Gasteiger partial charge in [0.1, 0.15) is 6.04 Å². The van der Waals surface area contributed by atoms with Gasteiger partial charge in [-0.05, 0) is 31.5 Å². The van der Waals surface area contributed by atoms with Gasteiger partial charge >= 0.3 is 5.97 Å². The Morgan fingerprint density at radius 1 is 1.41 bits per heavy atom. The lowest BCUT2D eigenvalue weighted by Crippen LogP contribution is -2.40. The van der Waals surface area contributed by atoms with Crippen LogP contribution in [0.3, 0.4) is 0 Å². The van der Waals surface area contributed by atoms with Crippen LogP contribution >= 0.6 is 11.6 Å². The molecule has 0 heterocycles. The van der Waals surface area contributed by atoms with Gasteiger partial charge in [0.25, 0.3) is 5.91 Å². The maximum Gasteiger partial charge on any atom is 0.326 e. The quantitative estimate of drug-likeness (QED) is 0.901. The molecule has 1 N–H and O–H groups in total. The molecule has 1 atom stereocenters. The largest absolute Gasteiger partial charge is 0.480 e. The minimum atomic E-state index is -1.04. The summed E-state index contributed by atoms with van der Waals surface area (Å²) in [5.74, 6) is -1.39. The molecule has 1 aromatic rings. The van der Waals surface area contributed by atoms with Gasteiger partial charge in [-0.1, -0.05) is 17.7 Å². The van der Waals surface area contributed by atoms with E-state index in [-0.39, 0.29) is 5.91 Å². The lowest BCUT2D eigenvalue weighted by Gasteiger charge is -2.22. The Balaban J connectivity index is 3.04. The molecule has 0 aromatic heterocycles. The molecule has 0 saturated carbocycles. The van der Waals surface area contributed by atoms with E-state index in [9.17, 15) is 9.59 Å². The third-order valence-corrected chi connectivity index (χ3v) is 2.92. The molecule has 0 radical (unpaired) electrons. The summed E-state index contributed by atoms with van der Waals surface area (Å²) in [4.78, 5) is 24.1. The Hall–Kier alpha value is -1.55. The van der Waals surface area contributed by atoms with Crippen molar-refractivity contribution in [2.45, 2.75) is 19.9 Å². The lowest BCUT2D eigenvalue weighted by molar-refractivity contribution is -0.141. The summed E-state index contributed by atoms with van der Waals surface area (Å²) in [7, 11) is 1.46. The first-order valence-electron chi connectivity index (χ1n) is 5.10. The van der Waals surface area contributed by atoms with E-state index in [0.717, 1.165) is 5.56 Å². The molecule has 1 amide bonds. The molecule has 0 aliphatic rings. The van der Waals surface area contributed by atoms with Gasteiger partial charge in [-0.15, -0.1) is 0 Å². The maximum absolute atomic E-state index is 12.1. The zero-order valence-corrected chi connectivity index (χ0v) is 10.7. The summed E-state index contributed by atoms with van der Waals surface area (Å²) >= 11 is 5.82. The number of hydrogen-bond acceptors (Lipinski definition) is 2. The SMILES string of the molecule is Cc1ccc(Cl)cc1C(=O)N(C)C(C)C(=O)O. The van der Waals surface area contributed by atoms with Crippen LogP contribution in [-0.2, 0) is 4.79 Å². The fraction of sp³-hybridized carbons (Fsp3) is 0.333. The highest BCUT2D eigenvalue weighted by molar-refractivity contribution is 6.31. The standard InChI is InChI=1S/C12H14ClNO3/c1-7-4-5-9(13)6-10(7)11(15)14(3)8(2)12(16)17/h4-6,8H,1-3H3,(H,16,17). The number of benzene rings is 1. The van der Waals surface area contributed by atoms with Gasteiger partial charge in [-0.3, -0.25) is 4.79 Å². The smallest absolute Gasteiger partial charge is 0.326 e. The van der Waals surface area contributed by atoms with Gasteiger partial charge in [0.15, 0.2) is 0 Å². The van der Waals surface area contributed by atoms with Crippen molar-refractivity contribution in [3.05, 3.63) is 34.3 Å². The number of carbonyl (C=O) groups is 2. The van der Waals surface area contributed by atoms with Crippen molar-refractivity contribution in [3.8, 4) is 0 Å². The minimum Gasteiger partial charge on any atom is -0.480 e. The molecule has 0 saturated heterocycles. The zero-order chi connectivity index (χ0) is 13.2. The van der Waals surface area contributed by atoms with E-state index in [4.69, 9.17) is 16.7 Å². The Morgan fingerprint density at radius 3 is 2.53 bits per heavy atom. The Labute approximate surface area is 105 Å². The number of rotatable bonds is 3. The van der Waals surface area contributed by atoms with E-state index < -0.39 is 12.0 Å². The van der Waals surface area contributed by atoms with Crippen molar-refractivity contribution < 1.29 is 14.7 Å². The summed E-state index contributed by atoms with van der Waals surface area (Å²) in [5.41, 5.74) is 1.19. The van der Waals surface area contributed by atoms with Gasteiger partial charge in [-0.25, -0.2) is 4.79 Å². The van der Waals surface area contributed by atoms with Gasteiger partial charge < -0.3 is 10.0 Å². The fourth-order valence-corrected chi connectivity index (χ4v) is 1.53. The molecular formula is C12H14ClNO3. The monoisotopic (exact) mass is 255 g/mol. The van der Waals surface area contributed by atoms with E-state index in [1.165, 1.54) is 18.9 Å². The maximum atomic E-state index is 12.1. The Kier molecular flexibility index (Phi) is 4.12. The van der Waals surface area contributed by atoms with Crippen LogP contribution in [-0.4, -0.2) is 35.0 Å². The van der Waals surface area contributed by atoms with Crippen LogP contribution in [0.4, 0.5) is 0 Å². The molecule has 0 bridgehead atoms. The second-order valence-corrected chi connectivity index (χ2v) is 4.33. The number of likely N-dealkylation sites (N-methyl/N-ethyl adjacent to an activating group) is 1. The van der Waals surface area contributed by atoms with Crippen LogP contribution in [0.1, 0.15) is 22.8 Å². The number of nitrogens with zero attached hydrogens (tertiary/aromatic N) is 1. The molecule has 0 fully saturated rings. The first-order valence-corrected chi connectivity index (χ1v) is 5.48. The van der Waals surface area contributed by atoms with Crippen molar-refractivity contribution in [3.63, 3.8) is 0 Å². The summed E-state index contributed by atoms with van der Waals surface area (Å²) < 4.78 is 0. The lowest BCUT2D eigenvalue weighted by atomic mass is 10.1. The summed E-state index contributed by atoms with van der Waals surface area (Å²) in [6, 6.07) is 4.09. The summed E-state index contributed by atoms with van der Waals surface area (Å²) in [5, 5.41) is 9.31. The fourth-order valence-electron chi connectivity index (χ4n) is 1.36. The van der Waals surface area contributed by atoms with E-state index >= 15 is 0 Å². The van der Waals surface area contributed by atoms with Crippen LogP contribution in [0.2, 0.25) is 5.02 Å². The number of aryl methyl sites for hydroxylation is 1. The third kappa shape index (κ3) is 2.97. The van der Waals surface area contributed by atoms with Gasteiger partial charge in [0.05, 0.1) is 0 Å². The minimum absolute atomic E-state index is 0.347. The molecule has 0 spiro atoms. The zero-order valence-electron chi connectivity index (χ0n) is 9.90. The molecule has 1 rings (SSSR count). The molecule has 92 valence electrons. The van der Waals surface area contributed by atoms with Crippen molar-refractivity contribution >= 4 is 23.5 Å². The van der Waals surface area contributed by atoms with Crippen LogP contribution in [0, 0.1) is 6.92 Å². The molecule has 0 aliphatic heterocycles. The highest BCUT2D eigenvalue weighted by Gasteiger charge is 2.23. The van der Waals surface area contributed by atoms with Crippen LogP contribution < -0.4 is 0 Å². The first-order chi connectivity index (χ1) is 7.84. The average Bonchev–Trinajstić information content (AvgIpc) is 2.29. The number of aliphatic carboxylic acids is 1. The van der Waals surface area contributed by atoms with E-state index in [1.807, 2.05) is 0 Å². The predicted molar refractivity (Wildman–Crippen MR) is 65.4 cm³/mol.